The summed E-state index contributed by atoms with van der Waals surface area (Å²) in [6, 6.07) is 8.16. The molecule has 1 aromatic carbocycles. The molecule has 1 unspecified atom stereocenters. The van der Waals surface area contributed by atoms with Gasteiger partial charge in [-0.3, -0.25) is 0 Å². The third-order valence-corrected chi connectivity index (χ3v) is 3.64. The van der Waals surface area contributed by atoms with E-state index in [1.807, 2.05) is 12.1 Å². The molecule has 2 heteroatoms. The normalized spacial score (nSPS) is 12.8. The topological polar surface area (TPSA) is 9.23 Å². The van der Waals surface area contributed by atoms with E-state index in [9.17, 15) is 0 Å². The fourth-order valence-electron chi connectivity index (χ4n) is 1.99. The van der Waals surface area contributed by atoms with E-state index in [1.165, 1.54) is 5.56 Å². The molecule has 0 radical (unpaired) electrons. The van der Waals surface area contributed by atoms with Gasteiger partial charge in [-0.15, -0.1) is 11.6 Å². The van der Waals surface area contributed by atoms with Gasteiger partial charge < -0.3 is 4.74 Å². The van der Waals surface area contributed by atoms with Gasteiger partial charge in [0.25, 0.3) is 0 Å². The Labute approximate surface area is 104 Å². The van der Waals surface area contributed by atoms with Crippen LogP contribution in [-0.2, 0) is 6.42 Å². The van der Waals surface area contributed by atoms with E-state index in [0.29, 0.717) is 5.92 Å². The van der Waals surface area contributed by atoms with Crippen LogP contribution in [0.5, 0.6) is 5.75 Å². The smallest absolute Gasteiger partial charge is 0.119 e. The van der Waals surface area contributed by atoms with E-state index >= 15 is 0 Å². The van der Waals surface area contributed by atoms with Crippen LogP contribution in [0.2, 0.25) is 0 Å². The van der Waals surface area contributed by atoms with Crippen molar-refractivity contribution in [2.24, 2.45) is 5.92 Å². The van der Waals surface area contributed by atoms with Crippen molar-refractivity contribution in [2.75, 3.05) is 7.11 Å². The molecule has 0 aliphatic rings. The highest BCUT2D eigenvalue weighted by atomic mass is 35.5. The van der Waals surface area contributed by atoms with Crippen LogP contribution >= 0.6 is 11.6 Å². The molecule has 0 fully saturated rings. The maximum atomic E-state index is 6.44. The summed E-state index contributed by atoms with van der Waals surface area (Å²) >= 11 is 6.44. The lowest BCUT2D eigenvalue weighted by Crippen LogP contribution is -2.16. The standard InChI is InChI=1S/C14H21ClO/c1-4-12(5-2)14(15)10-11-7-6-8-13(9-11)16-3/h6-9,12,14H,4-5,10H2,1-3H3. The highest BCUT2D eigenvalue weighted by Crippen LogP contribution is 2.23. The molecular formula is C14H21ClO. The summed E-state index contributed by atoms with van der Waals surface area (Å²) < 4.78 is 5.21. The summed E-state index contributed by atoms with van der Waals surface area (Å²) in [5.74, 6) is 1.51. The lowest BCUT2D eigenvalue weighted by atomic mass is 9.94. The van der Waals surface area contributed by atoms with Gasteiger partial charge >= 0.3 is 0 Å². The number of benzene rings is 1. The number of hydrogen-bond acceptors (Lipinski definition) is 1. The molecule has 0 bridgehead atoms. The monoisotopic (exact) mass is 240 g/mol. The molecule has 1 nitrogen and oxygen atoms in total. The van der Waals surface area contributed by atoms with Gasteiger partial charge in [-0.1, -0.05) is 38.8 Å². The number of hydrogen-bond donors (Lipinski definition) is 0. The quantitative estimate of drug-likeness (QED) is 0.675. The first-order chi connectivity index (χ1) is 7.71. The lowest BCUT2D eigenvalue weighted by Gasteiger charge is -2.19. The van der Waals surface area contributed by atoms with Crippen LogP contribution in [0, 0.1) is 5.92 Å². The number of methoxy groups -OCH3 is 1. The van der Waals surface area contributed by atoms with Crippen LogP contribution in [0.15, 0.2) is 24.3 Å². The third-order valence-electron chi connectivity index (χ3n) is 3.13. The third kappa shape index (κ3) is 3.71. The van der Waals surface area contributed by atoms with Crippen LogP contribution in [0.3, 0.4) is 0 Å². The van der Waals surface area contributed by atoms with Crippen LogP contribution in [0.25, 0.3) is 0 Å². The zero-order chi connectivity index (χ0) is 12.0. The first kappa shape index (κ1) is 13.4. The summed E-state index contributed by atoms with van der Waals surface area (Å²) in [4.78, 5) is 0. The first-order valence-corrected chi connectivity index (χ1v) is 6.41. The minimum atomic E-state index is 0.224. The molecule has 0 heterocycles. The molecule has 0 saturated carbocycles. The van der Waals surface area contributed by atoms with E-state index in [0.717, 1.165) is 25.0 Å². The molecule has 0 aliphatic carbocycles. The van der Waals surface area contributed by atoms with Crippen molar-refractivity contribution in [1.29, 1.82) is 0 Å². The molecule has 0 aromatic heterocycles. The fourth-order valence-corrected chi connectivity index (χ4v) is 2.53. The van der Waals surface area contributed by atoms with Crippen molar-refractivity contribution in [2.45, 2.75) is 38.5 Å². The Balaban J connectivity index is 2.64. The predicted octanol–water partition coefficient (Wildman–Crippen LogP) is 4.28. The van der Waals surface area contributed by atoms with Crippen molar-refractivity contribution in [3.63, 3.8) is 0 Å². The van der Waals surface area contributed by atoms with Gasteiger partial charge in [-0.2, -0.15) is 0 Å². The molecule has 0 N–H and O–H groups in total. The summed E-state index contributed by atoms with van der Waals surface area (Å²) in [5.41, 5.74) is 1.26. The van der Waals surface area contributed by atoms with E-state index in [1.54, 1.807) is 7.11 Å². The number of alkyl halides is 1. The van der Waals surface area contributed by atoms with Gasteiger partial charge in [0.15, 0.2) is 0 Å². The maximum absolute atomic E-state index is 6.44. The van der Waals surface area contributed by atoms with Gasteiger partial charge in [0, 0.05) is 5.38 Å². The second-order valence-electron chi connectivity index (χ2n) is 4.15. The van der Waals surface area contributed by atoms with Gasteiger partial charge in [-0.05, 0) is 30.0 Å². The zero-order valence-electron chi connectivity index (χ0n) is 10.4. The summed E-state index contributed by atoms with van der Waals surface area (Å²) in [5, 5.41) is 0.224. The van der Waals surface area contributed by atoms with Crippen LogP contribution in [0.1, 0.15) is 32.3 Å². The molecular weight excluding hydrogens is 220 g/mol. The molecule has 0 aliphatic heterocycles. The Kier molecular flexibility index (Phi) is 5.68. The van der Waals surface area contributed by atoms with Crippen LogP contribution in [0.4, 0.5) is 0 Å². The SMILES string of the molecule is CCC(CC)C(Cl)Cc1cccc(OC)c1. The molecule has 16 heavy (non-hydrogen) atoms. The van der Waals surface area contributed by atoms with Crippen molar-refractivity contribution in [1.82, 2.24) is 0 Å². The molecule has 0 amide bonds. The van der Waals surface area contributed by atoms with E-state index in [4.69, 9.17) is 16.3 Å². The minimum Gasteiger partial charge on any atom is -0.497 e. The number of ether oxygens (including phenoxy) is 1. The highest BCUT2D eigenvalue weighted by molar-refractivity contribution is 6.20. The highest BCUT2D eigenvalue weighted by Gasteiger charge is 2.16. The predicted molar refractivity (Wildman–Crippen MR) is 70.4 cm³/mol. The van der Waals surface area contributed by atoms with Gasteiger partial charge in [0.1, 0.15) is 5.75 Å². The van der Waals surface area contributed by atoms with Gasteiger partial charge in [0.2, 0.25) is 0 Å². The maximum Gasteiger partial charge on any atom is 0.119 e. The fraction of sp³-hybridized carbons (Fsp3) is 0.571. The largest absolute Gasteiger partial charge is 0.497 e. The molecule has 0 spiro atoms. The Morgan fingerprint density at radius 2 is 1.94 bits per heavy atom. The molecule has 90 valence electrons. The summed E-state index contributed by atoms with van der Waals surface area (Å²) in [6.45, 7) is 4.41. The molecule has 1 rings (SSSR count). The second-order valence-corrected chi connectivity index (χ2v) is 4.71. The zero-order valence-corrected chi connectivity index (χ0v) is 11.1. The Morgan fingerprint density at radius 3 is 2.50 bits per heavy atom. The molecule has 0 saturated heterocycles. The van der Waals surface area contributed by atoms with Gasteiger partial charge in [-0.25, -0.2) is 0 Å². The van der Waals surface area contributed by atoms with E-state index in [-0.39, 0.29) is 5.38 Å². The number of halogens is 1. The lowest BCUT2D eigenvalue weighted by molar-refractivity contribution is 0.413. The van der Waals surface area contributed by atoms with Crippen molar-refractivity contribution >= 4 is 11.6 Å². The van der Waals surface area contributed by atoms with Crippen LogP contribution in [-0.4, -0.2) is 12.5 Å². The first-order valence-electron chi connectivity index (χ1n) is 5.98. The minimum absolute atomic E-state index is 0.224. The second kappa shape index (κ2) is 6.80. The Bertz CT molecular complexity index is 307. The van der Waals surface area contributed by atoms with Crippen molar-refractivity contribution in [3.05, 3.63) is 29.8 Å². The van der Waals surface area contributed by atoms with Crippen molar-refractivity contribution < 1.29 is 4.74 Å². The summed E-state index contributed by atoms with van der Waals surface area (Å²) in [6.07, 6.45) is 3.22. The average Bonchev–Trinajstić information content (AvgIpc) is 2.31. The molecule has 1 aromatic rings. The average molecular weight is 241 g/mol. The molecule has 1 atom stereocenters. The van der Waals surface area contributed by atoms with E-state index < -0.39 is 0 Å². The van der Waals surface area contributed by atoms with Crippen LogP contribution < -0.4 is 4.74 Å². The van der Waals surface area contributed by atoms with Crippen molar-refractivity contribution in [3.8, 4) is 5.75 Å². The van der Waals surface area contributed by atoms with E-state index in [2.05, 4.69) is 26.0 Å². The Morgan fingerprint density at radius 1 is 1.25 bits per heavy atom. The summed E-state index contributed by atoms with van der Waals surface area (Å²) in [7, 11) is 1.69. The van der Waals surface area contributed by atoms with Gasteiger partial charge in [0.05, 0.1) is 7.11 Å². The Hall–Kier alpha value is -0.690. The number of rotatable bonds is 6.